The van der Waals surface area contributed by atoms with Gasteiger partial charge in [-0.15, -0.1) is 0 Å². The van der Waals surface area contributed by atoms with Gasteiger partial charge >= 0.3 is 5.76 Å². The number of aliphatic hydroxyl groups is 1. The molecule has 2 atom stereocenters. The molecule has 2 N–H and O–H groups in total. The van der Waals surface area contributed by atoms with Crippen LogP contribution in [0.4, 0.5) is 0 Å². The van der Waals surface area contributed by atoms with Crippen molar-refractivity contribution in [1.29, 1.82) is 0 Å². The van der Waals surface area contributed by atoms with Crippen LogP contribution in [0, 0.1) is 11.3 Å². The zero-order valence-electron chi connectivity index (χ0n) is 11.3. The Morgan fingerprint density at radius 2 is 2.26 bits per heavy atom. The van der Waals surface area contributed by atoms with Crippen molar-refractivity contribution in [2.45, 2.75) is 39.2 Å². The molecule has 4 heteroatoms. The lowest BCUT2D eigenvalue weighted by atomic mass is 9.77. The van der Waals surface area contributed by atoms with E-state index in [4.69, 9.17) is 4.42 Å². The molecular weight excluding hydrogens is 242 g/mol. The largest absolute Gasteiger partial charge is 0.417 e. The molecule has 0 amide bonds. The Morgan fingerprint density at radius 1 is 1.47 bits per heavy atom. The Balaban J connectivity index is 1.97. The molecule has 19 heavy (non-hydrogen) atoms. The first-order valence-electron chi connectivity index (χ1n) is 6.78. The molecule has 1 aliphatic rings. The summed E-state index contributed by atoms with van der Waals surface area (Å²) in [5.41, 5.74) is 2.17. The van der Waals surface area contributed by atoms with Gasteiger partial charge in [0.25, 0.3) is 0 Å². The summed E-state index contributed by atoms with van der Waals surface area (Å²) in [5.74, 6) is -0.196. The van der Waals surface area contributed by atoms with Gasteiger partial charge in [-0.3, -0.25) is 4.98 Å². The van der Waals surface area contributed by atoms with Crippen LogP contribution in [0.3, 0.4) is 0 Å². The summed E-state index contributed by atoms with van der Waals surface area (Å²) >= 11 is 0. The highest BCUT2D eigenvalue weighted by Gasteiger charge is 2.39. The van der Waals surface area contributed by atoms with Gasteiger partial charge in [-0.05, 0) is 41.9 Å². The van der Waals surface area contributed by atoms with Crippen molar-refractivity contribution in [3.05, 3.63) is 34.3 Å². The van der Waals surface area contributed by atoms with Gasteiger partial charge in [0.2, 0.25) is 0 Å². The van der Waals surface area contributed by atoms with Crippen molar-refractivity contribution in [1.82, 2.24) is 4.98 Å². The van der Waals surface area contributed by atoms with Gasteiger partial charge in [0.15, 0.2) is 5.58 Å². The predicted octanol–water partition coefficient (Wildman–Crippen LogP) is 2.98. The van der Waals surface area contributed by atoms with Crippen LogP contribution in [-0.4, -0.2) is 10.1 Å². The zero-order valence-corrected chi connectivity index (χ0v) is 11.3. The average molecular weight is 261 g/mol. The maximum Gasteiger partial charge on any atom is 0.417 e. The fourth-order valence-corrected chi connectivity index (χ4v) is 3.32. The highest BCUT2D eigenvalue weighted by molar-refractivity contribution is 5.72. The van der Waals surface area contributed by atoms with E-state index >= 15 is 0 Å². The molecule has 1 aromatic carbocycles. The molecule has 3 rings (SSSR count). The second-order valence-electron chi connectivity index (χ2n) is 6.20. The van der Waals surface area contributed by atoms with Crippen molar-refractivity contribution in [3.63, 3.8) is 0 Å². The maximum absolute atomic E-state index is 11.1. The van der Waals surface area contributed by atoms with Crippen LogP contribution in [0.15, 0.2) is 27.4 Å². The number of oxazole rings is 1. The lowest BCUT2D eigenvalue weighted by Gasteiger charge is -2.31. The summed E-state index contributed by atoms with van der Waals surface area (Å²) in [6.45, 7) is 4.42. The third kappa shape index (κ3) is 2.10. The summed E-state index contributed by atoms with van der Waals surface area (Å²) in [5, 5.41) is 10.6. The normalized spacial score (nSPS) is 23.8. The molecule has 2 aromatic rings. The number of aromatic nitrogens is 1. The van der Waals surface area contributed by atoms with Gasteiger partial charge in [-0.2, -0.15) is 0 Å². The lowest BCUT2D eigenvalue weighted by molar-refractivity contribution is 0.0532. The number of fused-ring (bicyclic) bond motifs is 1. The molecule has 1 saturated carbocycles. The fraction of sp³-hybridized carbons (Fsp3) is 0.533. The van der Waals surface area contributed by atoms with E-state index in [0.29, 0.717) is 11.1 Å². The van der Waals surface area contributed by atoms with E-state index in [2.05, 4.69) is 18.8 Å². The molecule has 0 spiro atoms. The van der Waals surface area contributed by atoms with Crippen molar-refractivity contribution < 1.29 is 9.52 Å². The average Bonchev–Trinajstić information content (AvgIpc) is 2.88. The summed E-state index contributed by atoms with van der Waals surface area (Å²) in [4.78, 5) is 13.8. The smallest absolute Gasteiger partial charge is 0.408 e. The van der Waals surface area contributed by atoms with Gasteiger partial charge < -0.3 is 9.52 Å². The van der Waals surface area contributed by atoms with Crippen LogP contribution in [0.25, 0.3) is 11.1 Å². The molecule has 1 aromatic heterocycles. The highest BCUT2D eigenvalue weighted by Crippen LogP contribution is 2.48. The van der Waals surface area contributed by atoms with Crippen LogP contribution < -0.4 is 5.76 Å². The lowest BCUT2D eigenvalue weighted by Crippen LogP contribution is -2.24. The summed E-state index contributed by atoms with van der Waals surface area (Å²) in [6, 6.07) is 5.43. The van der Waals surface area contributed by atoms with E-state index in [1.54, 1.807) is 12.1 Å². The predicted molar refractivity (Wildman–Crippen MR) is 72.9 cm³/mol. The van der Waals surface area contributed by atoms with E-state index in [0.717, 1.165) is 24.8 Å². The molecule has 0 aliphatic heterocycles. The van der Waals surface area contributed by atoms with Crippen molar-refractivity contribution >= 4 is 11.1 Å². The number of H-pyrrole nitrogens is 1. The molecule has 1 heterocycles. The Bertz CT molecular complexity index is 653. The minimum Gasteiger partial charge on any atom is -0.408 e. The third-order valence-electron chi connectivity index (χ3n) is 4.51. The van der Waals surface area contributed by atoms with Gasteiger partial charge in [-0.25, -0.2) is 4.79 Å². The molecule has 1 aliphatic carbocycles. The molecule has 0 radical (unpaired) electrons. The minimum atomic E-state index is -0.498. The summed E-state index contributed by atoms with van der Waals surface area (Å²) < 4.78 is 5.05. The van der Waals surface area contributed by atoms with Crippen LogP contribution in [-0.2, 0) is 0 Å². The number of hydrogen-bond donors (Lipinski definition) is 2. The summed E-state index contributed by atoms with van der Waals surface area (Å²) in [7, 11) is 0. The topological polar surface area (TPSA) is 66.2 Å². The summed E-state index contributed by atoms with van der Waals surface area (Å²) in [6.07, 6.45) is 2.86. The van der Waals surface area contributed by atoms with Crippen LogP contribution in [0.1, 0.15) is 44.8 Å². The standard InChI is InChI=1S/C15H19NO3/c1-15(2)7-3-4-10(15)13(17)9-5-6-11-12(8-9)19-14(18)16-11/h5-6,8,10,13,17H,3-4,7H2,1-2H3,(H,16,18). The van der Waals surface area contributed by atoms with Gasteiger partial charge in [0.05, 0.1) is 11.6 Å². The number of aromatic amines is 1. The van der Waals surface area contributed by atoms with E-state index in [9.17, 15) is 9.90 Å². The van der Waals surface area contributed by atoms with Crippen LogP contribution in [0.5, 0.6) is 0 Å². The van der Waals surface area contributed by atoms with Gasteiger partial charge in [0.1, 0.15) is 0 Å². The number of rotatable bonds is 2. The molecule has 2 unspecified atom stereocenters. The first-order chi connectivity index (χ1) is 8.97. The Morgan fingerprint density at radius 3 is 2.95 bits per heavy atom. The quantitative estimate of drug-likeness (QED) is 0.873. The first-order valence-corrected chi connectivity index (χ1v) is 6.78. The fourth-order valence-electron chi connectivity index (χ4n) is 3.32. The second kappa shape index (κ2) is 4.23. The zero-order chi connectivity index (χ0) is 13.6. The molecule has 0 bridgehead atoms. The van der Waals surface area contributed by atoms with Crippen LogP contribution in [0.2, 0.25) is 0 Å². The number of benzene rings is 1. The first kappa shape index (κ1) is 12.5. The van der Waals surface area contributed by atoms with Crippen molar-refractivity contribution in [2.24, 2.45) is 11.3 Å². The van der Waals surface area contributed by atoms with Gasteiger partial charge in [0, 0.05) is 0 Å². The van der Waals surface area contributed by atoms with E-state index in [1.165, 1.54) is 0 Å². The Kier molecular flexibility index (Phi) is 2.78. The Labute approximate surface area is 111 Å². The molecule has 4 nitrogen and oxygen atoms in total. The third-order valence-corrected chi connectivity index (χ3v) is 4.51. The number of hydrogen-bond acceptors (Lipinski definition) is 3. The highest BCUT2D eigenvalue weighted by atomic mass is 16.4. The number of nitrogens with one attached hydrogen (secondary N) is 1. The monoisotopic (exact) mass is 261 g/mol. The van der Waals surface area contributed by atoms with Gasteiger partial charge in [-0.1, -0.05) is 26.3 Å². The van der Waals surface area contributed by atoms with Crippen molar-refractivity contribution in [2.75, 3.05) is 0 Å². The SMILES string of the molecule is CC1(C)CCCC1C(O)c1ccc2[nH]c(=O)oc2c1. The van der Waals surface area contributed by atoms with Crippen LogP contribution >= 0.6 is 0 Å². The number of aliphatic hydroxyl groups excluding tert-OH is 1. The van der Waals surface area contributed by atoms with E-state index < -0.39 is 11.9 Å². The van der Waals surface area contributed by atoms with E-state index in [-0.39, 0.29) is 11.3 Å². The minimum absolute atomic E-state index is 0.160. The molecule has 0 saturated heterocycles. The molecular formula is C15H19NO3. The maximum atomic E-state index is 11.1. The van der Waals surface area contributed by atoms with Crippen molar-refractivity contribution in [3.8, 4) is 0 Å². The molecule has 102 valence electrons. The Hall–Kier alpha value is -1.55. The molecule has 1 fully saturated rings. The van der Waals surface area contributed by atoms with E-state index in [1.807, 2.05) is 6.07 Å². The second-order valence-corrected chi connectivity index (χ2v) is 6.20.